The van der Waals surface area contributed by atoms with Crippen LogP contribution in [0.15, 0.2) is 24.3 Å². The molecular weight excluding hydrogens is 262 g/mol. The van der Waals surface area contributed by atoms with E-state index in [1.54, 1.807) is 4.90 Å². The van der Waals surface area contributed by atoms with Crippen LogP contribution in [0.25, 0.3) is 0 Å². The first kappa shape index (κ1) is 17.5. The second kappa shape index (κ2) is 8.67. The molecule has 2 N–H and O–H groups in total. The molecule has 1 aromatic carbocycles. The Bertz CT molecular complexity index is 428. The van der Waals surface area contributed by atoms with Crippen LogP contribution < -0.4 is 10.6 Å². The van der Waals surface area contributed by atoms with E-state index < -0.39 is 0 Å². The standard InChI is InChI=1S/C17H29N3O/c1-6-11-18-14(4)15-7-9-16(10-8-15)19-17(21)20(5)12-13(2)3/h7-10,13-14,18H,6,11-12H2,1-5H3,(H,19,21). The highest BCUT2D eigenvalue weighted by Gasteiger charge is 2.10. The maximum atomic E-state index is 12.0. The molecule has 1 atom stereocenters. The van der Waals surface area contributed by atoms with Crippen molar-refractivity contribution in [1.82, 2.24) is 10.2 Å². The van der Waals surface area contributed by atoms with Crippen molar-refractivity contribution in [1.29, 1.82) is 0 Å². The van der Waals surface area contributed by atoms with Crippen molar-refractivity contribution in [3.8, 4) is 0 Å². The van der Waals surface area contributed by atoms with Gasteiger partial charge >= 0.3 is 6.03 Å². The first-order chi connectivity index (χ1) is 9.93. The van der Waals surface area contributed by atoms with Gasteiger partial charge in [-0.25, -0.2) is 4.79 Å². The number of anilines is 1. The molecule has 1 rings (SSSR count). The lowest BCUT2D eigenvalue weighted by atomic mass is 10.1. The third kappa shape index (κ3) is 6.17. The highest BCUT2D eigenvalue weighted by atomic mass is 16.2. The third-order valence-electron chi connectivity index (χ3n) is 3.35. The number of rotatable bonds is 7. The summed E-state index contributed by atoms with van der Waals surface area (Å²) in [5, 5.41) is 6.38. The summed E-state index contributed by atoms with van der Waals surface area (Å²) in [6, 6.07) is 8.31. The highest BCUT2D eigenvalue weighted by molar-refractivity contribution is 5.89. The number of benzene rings is 1. The minimum atomic E-state index is -0.0615. The molecule has 0 saturated heterocycles. The molecule has 0 aliphatic rings. The van der Waals surface area contributed by atoms with Crippen molar-refractivity contribution in [2.45, 2.75) is 40.2 Å². The minimum Gasteiger partial charge on any atom is -0.327 e. The maximum absolute atomic E-state index is 12.0. The van der Waals surface area contributed by atoms with Gasteiger partial charge in [-0.3, -0.25) is 0 Å². The van der Waals surface area contributed by atoms with E-state index >= 15 is 0 Å². The van der Waals surface area contributed by atoms with Gasteiger partial charge in [0.2, 0.25) is 0 Å². The predicted octanol–water partition coefficient (Wildman–Crippen LogP) is 3.87. The molecule has 0 spiro atoms. The third-order valence-corrected chi connectivity index (χ3v) is 3.35. The van der Waals surface area contributed by atoms with Gasteiger partial charge in [0.05, 0.1) is 0 Å². The van der Waals surface area contributed by atoms with E-state index in [-0.39, 0.29) is 6.03 Å². The van der Waals surface area contributed by atoms with Crippen LogP contribution in [0.2, 0.25) is 0 Å². The van der Waals surface area contributed by atoms with Gasteiger partial charge in [0.1, 0.15) is 0 Å². The lowest BCUT2D eigenvalue weighted by molar-refractivity contribution is 0.217. The molecule has 2 amide bonds. The summed E-state index contributed by atoms with van der Waals surface area (Å²) in [6.45, 7) is 10.3. The molecule has 0 aromatic heterocycles. The Morgan fingerprint density at radius 3 is 2.33 bits per heavy atom. The zero-order valence-corrected chi connectivity index (χ0v) is 13.9. The molecule has 1 aromatic rings. The van der Waals surface area contributed by atoms with Gasteiger partial charge in [-0.2, -0.15) is 0 Å². The smallest absolute Gasteiger partial charge is 0.321 e. The van der Waals surface area contributed by atoms with Gasteiger partial charge < -0.3 is 15.5 Å². The lowest BCUT2D eigenvalue weighted by Gasteiger charge is -2.20. The van der Waals surface area contributed by atoms with Crippen molar-refractivity contribution in [2.24, 2.45) is 5.92 Å². The average molecular weight is 291 g/mol. The SMILES string of the molecule is CCCNC(C)c1ccc(NC(=O)N(C)CC(C)C)cc1. The van der Waals surface area contributed by atoms with Gasteiger partial charge in [-0.15, -0.1) is 0 Å². The van der Waals surface area contributed by atoms with Crippen LogP contribution in [-0.4, -0.2) is 31.1 Å². The van der Waals surface area contributed by atoms with Crippen LogP contribution in [0.1, 0.15) is 45.7 Å². The van der Waals surface area contributed by atoms with Gasteiger partial charge in [0.25, 0.3) is 0 Å². The molecule has 0 heterocycles. The zero-order chi connectivity index (χ0) is 15.8. The monoisotopic (exact) mass is 291 g/mol. The van der Waals surface area contributed by atoms with Crippen LogP contribution in [0.3, 0.4) is 0 Å². The van der Waals surface area contributed by atoms with E-state index in [1.807, 2.05) is 19.2 Å². The van der Waals surface area contributed by atoms with Crippen molar-refractivity contribution < 1.29 is 4.79 Å². The van der Waals surface area contributed by atoms with Crippen LogP contribution in [0.4, 0.5) is 10.5 Å². The van der Waals surface area contributed by atoms with Gasteiger partial charge in [-0.05, 0) is 43.5 Å². The summed E-state index contributed by atoms with van der Waals surface area (Å²) < 4.78 is 0. The van der Waals surface area contributed by atoms with Crippen molar-refractivity contribution >= 4 is 11.7 Å². The van der Waals surface area contributed by atoms with Crippen molar-refractivity contribution in [2.75, 3.05) is 25.5 Å². The van der Waals surface area contributed by atoms with E-state index in [9.17, 15) is 4.79 Å². The number of nitrogens with zero attached hydrogens (tertiary/aromatic N) is 1. The zero-order valence-electron chi connectivity index (χ0n) is 13.9. The molecular formula is C17H29N3O. The Morgan fingerprint density at radius 1 is 1.19 bits per heavy atom. The number of hydrogen-bond acceptors (Lipinski definition) is 2. The summed E-state index contributed by atoms with van der Waals surface area (Å²) in [5.41, 5.74) is 2.07. The molecule has 4 heteroatoms. The Balaban J connectivity index is 2.56. The number of hydrogen-bond donors (Lipinski definition) is 2. The summed E-state index contributed by atoms with van der Waals surface area (Å²) in [6.07, 6.45) is 1.13. The summed E-state index contributed by atoms with van der Waals surface area (Å²) in [7, 11) is 1.82. The fraction of sp³-hybridized carbons (Fsp3) is 0.588. The Kier molecular flexibility index (Phi) is 7.23. The number of urea groups is 1. The minimum absolute atomic E-state index is 0.0615. The predicted molar refractivity (Wildman–Crippen MR) is 89.6 cm³/mol. The van der Waals surface area contributed by atoms with E-state index in [4.69, 9.17) is 0 Å². The molecule has 4 nitrogen and oxygen atoms in total. The number of carbonyl (C=O) groups excluding carboxylic acids is 1. The topological polar surface area (TPSA) is 44.4 Å². The molecule has 0 saturated carbocycles. The van der Waals surface area contributed by atoms with E-state index in [2.05, 4.69) is 50.5 Å². The quantitative estimate of drug-likeness (QED) is 0.801. The van der Waals surface area contributed by atoms with Crippen LogP contribution in [-0.2, 0) is 0 Å². The van der Waals surface area contributed by atoms with E-state index in [1.165, 1.54) is 5.56 Å². The fourth-order valence-electron chi connectivity index (χ4n) is 2.18. The first-order valence-corrected chi connectivity index (χ1v) is 7.79. The molecule has 1 unspecified atom stereocenters. The molecule has 118 valence electrons. The summed E-state index contributed by atoms with van der Waals surface area (Å²) in [5.74, 6) is 0.466. The largest absolute Gasteiger partial charge is 0.327 e. The first-order valence-electron chi connectivity index (χ1n) is 7.79. The van der Waals surface area contributed by atoms with Crippen molar-refractivity contribution in [3.05, 3.63) is 29.8 Å². The molecule has 0 aliphatic carbocycles. The molecule has 21 heavy (non-hydrogen) atoms. The second-order valence-electron chi connectivity index (χ2n) is 6.00. The van der Waals surface area contributed by atoms with Crippen LogP contribution in [0, 0.1) is 5.92 Å². The van der Waals surface area contributed by atoms with Crippen LogP contribution >= 0.6 is 0 Å². The maximum Gasteiger partial charge on any atom is 0.321 e. The molecule has 0 bridgehead atoms. The number of amides is 2. The molecule has 0 fully saturated rings. The summed E-state index contributed by atoms with van der Waals surface area (Å²) in [4.78, 5) is 13.7. The Morgan fingerprint density at radius 2 is 1.81 bits per heavy atom. The van der Waals surface area contributed by atoms with Gasteiger partial charge in [-0.1, -0.05) is 32.9 Å². The Labute approximate surface area is 128 Å². The van der Waals surface area contributed by atoms with E-state index in [0.29, 0.717) is 12.0 Å². The normalized spacial score (nSPS) is 12.3. The second-order valence-corrected chi connectivity index (χ2v) is 6.00. The number of nitrogens with one attached hydrogen (secondary N) is 2. The Hall–Kier alpha value is -1.55. The average Bonchev–Trinajstić information content (AvgIpc) is 2.44. The highest BCUT2D eigenvalue weighted by Crippen LogP contribution is 2.16. The fourth-order valence-corrected chi connectivity index (χ4v) is 2.18. The van der Waals surface area contributed by atoms with Gasteiger partial charge in [0, 0.05) is 25.3 Å². The molecule has 0 aliphatic heterocycles. The lowest BCUT2D eigenvalue weighted by Crippen LogP contribution is -2.34. The van der Waals surface area contributed by atoms with E-state index in [0.717, 1.165) is 25.2 Å². The van der Waals surface area contributed by atoms with Crippen LogP contribution in [0.5, 0.6) is 0 Å². The summed E-state index contributed by atoms with van der Waals surface area (Å²) >= 11 is 0. The molecule has 0 radical (unpaired) electrons. The van der Waals surface area contributed by atoms with Gasteiger partial charge in [0.15, 0.2) is 0 Å². The van der Waals surface area contributed by atoms with Crippen molar-refractivity contribution in [3.63, 3.8) is 0 Å². The number of carbonyl (C=O) groups is 1.